The molecule has 0 unspecified atom stereocenters. The normalized spacial score (nSPS) is 14.2. The number of para-hydroxylation sites is 1. The van der Waals surface area contributed by atoms with E-state index in [2.05, 4.69) is 4.99 Å². The van der Waals surface area contributed by atoms with Crippen LogP contribution in [0.2, 0.25) is 0 Å². The van der Waals surface area contributed by atoms with E-state index in [-0.39, 0.29) is 22.9 Å². The highest BCUT2D eigenvalue weighted by Crippen LogP contribution is 2.26. The van der Waals surface area contributed by atoms with Gasteiger partial charge in [-0.15, -0.1) is 0 Å². The molecule has 0 atom stereocenters. The van der Waals surface area contributed by atoms with Gasteiger partial charge in [0.25, 0.3) is 0 Å². The summed E-state index contributed by atoms with van der Waals surface area (Å²) < 4.78 is 30.1. The Balaban J connectivity index is 1.60. The smallest absolute Gasteiger partial charge is 0.363 e. The molecule has 0 amide bonds. The molecule has 0 saturated heterocycles. The van der Waals surface area contributed by atoms with Crippen LogP contribution >= 0.6 is 0 Å². The molecule has 0 aliphatic carbocycles. The molecule has 3 aromatic rings. The maximum absolute atomic E-state index is 14.3. The van der Waals surface area contributed by atoms with Crippen LogP contribution in [0, 0.1) is 5.82 Å². The van der Waals surface area contributed by atoms with Gasteiger partial charge in [-0.3, -0.25) is 4.79 Å². The predicted molar refractivity (Wildman–Crippen MR) is 111 cm³/mol. The highest BCUT2D eigenvalue weighted by Gasteiger charge is 2.26. The average molecular weight is 417 g/mol. The van der Waals surface area contributed by atoms with Crippen LogP contribution in [0.5, 0.6) is 17.2 Å². The van der Waals surface area contributed by atoms with Gasteiger partial charge in [-0.25, -0.2) is 14.2 Å². The lowest BCUT2D eigenvalue weighted by Gasteiger charge is -2.05. The molecule has 0 N–H and O–H groups in total. The van der Waals surface area contributed by atoms with Crippen molar-refractivity contribution in [3.05, 3.63) is 95.4 Å². The van der Waals surface area contributed by atoms with Gasteiger partial charge < -0.3 is 14.2 Å². The molecule has 1 aliphatic heterocycles. The third-order valence-electron chi connectivity index (χ3n) is 4.19. The molecule has 6 nitrogen and oxygen atoms in total. The van der Waals surface area contributed by atoms with Crippen molar-refractivity contribution in [3.63, 3.8) is 0 Å². The standard InChI is InChI=1S/C24H16FNO5/c1-15(27)29-19-10-11-21(25)20(14-19)23-26-22(24(28)31-23)13-16-6-5-9-18(12-16)30-17-7-3-2-4-8-17/h2-14H,1H3/b22-13-. The van der Waals surface area contributed by atoms with Crippen molar-refractivity contribution >= 4 is 23.9 Å². The Labute approximate surface area is 177 Å². The second-order valence-electron chi connectivity index (χ2n) is 6.56. The van der Waals surface area contributed by atoms with Crippen LogP contribution in [0.3, 0.4) is 0 Å². The number of carbonyl (C=O) groups is 2. The summed E-state index contributed by atoms with van der Waals surface area (Å²) in [6.07, 6.45) is 1.51. The van der Waals surface area contributed by atoms with Gasteiger partial charge in [0.15, 0.2) is 5.70 Å². The number of ether oxygens (including phenoxy) is 3. The maximum Gasteiger partial charge on any atom is 0.363 e. The quantitative estimate of drug-likeness (QED) is 0.336. The van der Waals surface area contributed by atoms with Crippen LogP contribution < -0.4 is 9.47 Å². The first-order chi connectivity index (χ1) is 15.0. The fraction of sp³-hybridized carbons (Fsp3) is 0.0417. The fourth-order valence-corrected chi connectivity index (χ4v) is 2.87. The van der Waals surface area contributed by atoms with Gasteiger partial charge in [0, 0.05) is 6.92 Å². The summed E-state index contributed by atoms with van der Waals surface area (Å²) in [4.78, 5) is 27.5. The number of cyclic esters (lactones) is 1. The fourth-order valence-electron chi connectivity index (χ4n) is 2.87. The molecule has 0 radical (unpaired) electrons. The lowest BCUT2D eigenvalue weighted by molar-refractivity contribution is -0.132. The van der Waals surface area contributed by atoms with Crippen LogP contribution in [0.1, 0.15) is 18.1 Å². The minimum atomic E-state index is -0.721. The Morgan fingerprint density at radius 2 is 1.74 bits per heavy atom. The van der Waals surface area contributed by atoms with Gasteiger partial charge in [-0.2, -0.15) is 0 Å². The second-order valence-corrected chi connectivity index (χ2v) is 6.56. The third-order valence-corrected chi connectivity index (χ3v) is 4.19. The molecule has 0 bridgehead atoms. The first-order valence-electron chi connectivity index (χ1n) is 9.32. The molecule has 154 valence electrons. The largest absolute Gasteiger partial charge is 0.457 e. The van der Waals surface area contributed by atoms with E-state index < -0.39 is 17.8 Å². The number of nitrogens with zero attached hydrogens (tertiary/aromatic N) is 1. The number of hydrogen-bond acceptors (Lipinski definition) is 6. The molecule has 0 spiro atoms. The van der Waals surface area contributed by atoms with E-state index in [1.807, 2.05) is 30.3 Å². The monoisotopic (exact) mass is 417 g/mol. The van der Waals surface area contributed by atoms with Crippen LogP contribution in [0.15, 0.2) is 83.5 Å². The Morgan fingerprint density at radius 1 is 0.968 bits per heavy atom. The van der Waals surface area contributed by atoms with Crippen molar-refractivity contribution in [2.75, 3.05) is 0 Å². The number of rotatable bonds is 5. The van der Waals surface area contributed by atoms with Crippen LogP contribution in [-0.2, 0) is 14.3 Å². The first-order valence-corrected chi connectivity index (χ1v) is 9.32. The Morgan fingerprint density at radius 3 is 2.52 bits per heavy atom. The van der Waals surface area contributed by atoms with E-state index in [4.69, 9.17) is 14.2 Å². The molecular weight excluding hydrogens is 401 g/mol. The number of halogens is 1. The summed E-state index contributed by atoms with van der Waals surface area (Å²) in [5, 5.41) is 0. The molecule has 0 fully saturated rings. The van der Waals surface area contributed by atoms with E-state index in [1.54, 1.807) is 24.3 Å². The molecule has 0 saturated carbocycles. The Hall–Kier alpha value is -4.26. The van der Waals surface area contributed by atoms with E-state index in [9.17, 15) is 14.0 Å². The van der Waals surface area contributed by atoms with E-state index in [1.165, 1.54) is 25.1 Å². The van der Waals surface area contributed by atoms with Crippen molar-refractivity contribution in [3.8, 4) is 17.2 Å². The summed E-state index contributed by atoms with van der Waals surface area (Å²) in [6, 6.07) is 20.0. The van der Waals surface area contributed by atoms with Gasteiger partial charge in [0.05, 0.1) is 5.56 Å². The lowest BCUT2D eigenvalue weighted by Crippen LogP contribution is -2.09. The predicted octanol–water partition coefficient (Wildman–Crippen LogP) is 4.89. The van der Waals surface area contributed by atoms with Gasteiger partial charge in [-0.1, -0.05) is 30.3 Å². The van der Waals surface area contributed by atoms with Crippen LogP contribution in [0.4, 0.5) is 4.39 Å². The van der Waals surface area contributed by atoms with Crippen LogP contribution in [-0.4, -0.2) is 17.8 Å². The molecule has 31 heavy (non-hydrogen) atoms. The SMILES string of the molecule is CC(=O)Oc1ccc(F)c(C2=N/C(=C\c3cccc(Oc4ccccc4)c3)C(=O)O2)c1. The molecule has 0 aromatic heterocycles. The maximum atomic E-state index is 14.3. The molecule has 7 heteroatoms. The third kappa shape index (κ3) is 4.84. The second kappa shape index (κ2) is 8.62. The first kappa shape index (κ1) is 20.0. The van der Waals surface area contributed by atoms with Gasteiger partial charge >= 0.3 is 11.9 Å². The van der Waals surface area contributed by atoms with Crippen molar-refractivity contribution in [2.24, 2.45) is 4.99 Å². The van der Waals surface area contributed by atoms with Crippen LogP contribution in [0.25, 0.3) is 6.08 Å². The molecule has 1 aliphatic rings. The molecular formula is C24H16FNO5. The van der Waals surface area contributed by atoms with Gasteiger partial charge in [-0.05, 0) is 54.1 Å². The highest BCUT2D eigenvalue weighted by atomic mass is 19.1. The summed E-state index contributed by atoms with van der Waals surface area (Å²) in [7, 11) is 0. The number of carbonyl (C=O) groups excluding carboxylic acids is 2. The molecule has 4 rings (SSSR count). The minimum Gasteiger partial charge on any atom is -0.457 e. The Kier molecular flexibility index (Phi) is 5.57. The Bertz CT molecular complexity index is 1220. The zero-order chi connectivity index (χ0) is 21.8. The molecule has 3 aromatic carbocycles. The summed E-state index contributed by atoms with van der Waals surface area (Å²) >= 11 is 0. The number of hydrogen-bond donors (Lipinski definition) is 0. The summed E-state index contributed by atoms with van der Waals surface area (Å²) in [6.45, 7) is 1.23. The van der Waals surface area contributed by atoms with Crippen molar-refractivity contribution in [1.29, 1.82) is 0 Å². The summed E-state index contributed by atoms with van der Waals surface area (Å²) in [5.41, 5.74) is 0.570. The van der Waals surface area contributed by atoms with Crippen molar-refractivity contribution in [1.82, 2.24) is 0 Å². The van der Waals surface area contributed by atoms with Gasteiger partial charge in [0.1, 0.15) is 23.1 Å². The number of benzene rings is 3. The lowest BCUT2D eigenvalue weighted by atomic mass is 10.2. The van der Waals surface area contributed by atoms with Crippen molar-refractivity contribution < 1.29 is 28.2 Å². The zero-order valence-corrected chi connectivity index (χ0v) is 16.4. The summed E-state index contributed by atoms with van der Waals surface area (Å²) in [5.74, 6) is -0.776. The number of aliphatic imine (C=N–C) groups is 1. The van der Waals surface area contributed by atoms with Crippen molar-refractivity contribution in [2.45, 2.75) is 6.92 Å². The molecule has 1 heterocycles. The van der Waals surface area contributed by atoms with E-state index in [0.29, 0.717) is 17.1 Å². The van der Waals surface area contributed by atoms with Gasteiger partial charge in [0.2, 0.25) is 5.90 Å². The topological polar surface area (TPSA) is 74.2 Å². The van der Waals surface area contributed by atoms with E-state index in [0.717, 1.165) is 6.07 Å². The highest BCUT2D eigenvalue weighted by molar-refractivity contribution is 6.13. The average Bonchev–Trinajstić information content (AvgIpc) is 3.10. The minimum absolute atomic E-state index is 0.00384. The van der Waals surface area contributed by atoms with E-state index >= 15 is 0 Å². The number of esters is 2. The zero-order valence-electron chi connectivity index (χ0n) is 16.4.